The Balaban J connectivity index is 1.77. The van der Waals surface area contributed by atoms with E-state index in [0.717, 1.165) is 4.88 Å². The van der Waals surface area contributed by atoms with Gasteiger partial charge in [-0.25, -0.2) is 18.2 Å². The summed E-state index contributed by atoms with van der Waals surface area (Å²) in [5.41, 5.74) is 7.25. The number of hydrogen-bond acceptors (Lipinski definition) is 6. The maximum absolute atomic E-state index is 15.4. The van der Waals surface area contributed by atoms with Gasteiger partial charge in [0, 0.05) is 34.4 Å². The second-order valence-corrected chi connectivity index (χ2v) is 11.1. The molecule has 192 valence electrons. The summed E-state index contributed by atoms with van der Waals surface area (Å²) >= 11 is 2.85. The van der Waals surface area contributed by atoms with E-state index in [1.165, 1.54) is 60.5 Å². The van der Waals surface area contributed by atoms with Crippen molar-refractivity contribution in [1.29, 1.82) is 0 Å². The van der Waals surface area contributed by atoms with Crippen LogP contribution in [-0.4, -0.2) is 22.4 Å². The molecular weight excluding hydrogens is 519 g/mol. The first kappa shape index (κ1) is 25.6. The zero-order chi connectivity index (χ0) is 26.4. The fourth-order valence-electron chi connectivity index (χ4n) is 4.75. The molecule has 0 fully saturated rings. The largest absolute Gasteiger partial charge is 0.494 e. The zero-order valence-electron chi connectivity index (χ0n) is 20.3. The Hall–Kier alpha value is -3.08. The molecule has 0 bridgehead atoms. The molecule has 1 unspecified atom stereocenters. The van der Waals surface area contributed by atoms with Crippen molar-refractivity contribution < 1.29 is 17.9 Å². The standard InChI is InChI=1S/C27H24F3N3O2S2/c1-13-11-32-25(37-13)24(31)20-12-36-27-16(10-17-18(28)7-5-8-19(17)29)14(2)22(26(34)33(20)27)15-6-4-9-21(35-3)23(15)30/h4-9,11,20,24H,10,12,31H2,1-3H3/t20-,24?/m1/s1. The minimum atomic E-state index is -0.687. The van der Waals surface area contributed by atoms with Gasteiger partial charge in [-0.3, -0.25) is 9.36 Å². The number of aromatic nitrogens is 2. The van der Waals surface area contributed by atoms with Crippen molar-refractivity contribution in [2.24, 2.45) is 5.73 Å². The molecule has 0 spiro atoms. The van der Waals surface area contributed by atoms with Gasteiger partial charge < -0.3 is 10.5 Å². The Bertz CT molecular complexity index is 1550. The highest BCUT2D eigenvalue weighted by Crippen LogP contribution is 2.44. The van der Waals surface area contributed by atoms with Crippen molar-refractivity contribution in [2.75, 3.05) is 12.9 Å². The van der Waals surface area contributed by atoms with Crippen molar-refractivity contribution in [2.45, 2.75) is 37.4 Å². The van der Waals surface area contributed by atoms with Crippen molar-refractivity contribution in [3.63, 3.8) is 0 Å². The monoisotopic (exact) mass is 543 g/mol. The first-order valence-electron chi connectivity index (χ1n) is 11.6. The Morgan fingerprint density at radius 3 is 2.49 bits per heavy atom. The molecule has 0 aliphatic carbocycles. The summed E-state index contributed by atoms with van der Waals surface area (Å²) in [6.07, 6.45) is 1.62. The summed E-state index contributed by atoms with van der Waals surface area (Å²) < 4.78 is 51.5. The SMILES string of the molecule is COc1cccc(-c2c(C)c(Cc3c(F)cccc3F)c3n(c2=O)[C@@H](C(N)c2ncc(C)s2)CS3)c1F. The van der Waals surface area contributed by atoms with Crippen LogP contribution in [0.25, 0.3) is 11.1 Å². The van der Waals surface area contributed by atoms with Crippen LogP contribution in [0.5, 0.6) is 5.75 Å². The van der Waals surface area contributed by atoms with Crippen LogP contribution < -0.4 is 16.0 Å². The number of benzene rings is 2. The predicted octanol–water partition coefficient (Wildman–Crippen LogP) is 5.95. The highest BCUT2D eigenvalue weighted by Gasteiger charge is 2.36. The summed E-state index contributed by atoms with van der Waals surface area (Å²) in [5, 5.41) is 1.25. The third kappa shape index (κ3) is 4.36. The number of hydrogen-bond donors (Lipinski definition) is 1. The second kappa shape index (κ2) is 10.00. The van der Waals surface area contributed by atoms with Crippen LogP contribution in [0.3, 0.4) is 0 Å². The number of nitrogens with zero attached hydrogens (tertiary/aromatic N) is 2. The lowest BCUT2D eigenvalue weighted by molar-refractivity contribution is 0.387. The molecule has 5 nitrogen and oxygen atoms in total. The molecule has 1 aliphatic rings. The van der Waals surface area contributed by atoms with Crippen LogP contribution in [-0.2, 0) is 6.42 Å². The second-order valence-electron chi connectivity index (χ2n) is 8.87. The lowest BCUT2D eigenvalue weighted by Gasteiger charge is -2.23. The van der Waals surface area contributed by atoms with Gasteiger partial charge in [0.25, 0.3) is 5.56 Å². The van der Waals surface area contributed by atoms with E-state index in [2.05, 4.69) is 4.98 Å². The molecule has 1 aliphatic heterocycles. The normalized spacial score (nSPS) is 15.6. The lowest BCUT2D eigenvalue weighted by Crippen LogP contribution is -2.33. The van der Waals surface area contributed by atoms with Crippen LogP contribution >= 0.6 is 23.1 Å². The number of nitrogens with two attached hydrogens (primary N) is 1. The molecule has 10 heteroatoms. The summed E-state index contributed by atoms with van der Waals surface area (Å²) in [6.45, 7) is 3.61. The topological polar surface area (TPSA) is 70.1 Å². The van der Waals surface area contributed by atoms with Gasteiger partial charge in [0.15, 0.2) is 11.6 Å². The molecular formula is C27H24F3N3O2S2. The Labute approximate surface area is 220 Å². The molecule has 2 N–H and O–H groups in total. The first-order chi connectivity index (χ1) is 17.7. The third-order valence-corrected chi connectivity index (χ3v) is 8.91. The lowest BCUT2D eigenvalue weighted by atomic mass is 9.93. The van der Waals surface area contributed by atoms with Crippen LogP contribution in [0.2, 0.25) is 0 Å². The quantitative estimate of drug-likeness (QED) is 0.325. The van der Waals surface area contributed by atoms with E-state index in [-0.39, 0.29) is 28.9 Å². The van der Waals surface area contributed by atoms with Gasteiger partial charge in [-0.15, -0.1) is 23.1 Å². The number of thiazole rings is 1. The number of aryl methyl sites for hydroxylation is 1. The molecule has 2 aromatic carbocycles. The zero-order valence-corrected chi connectivity index (χ0v) is 22.0. The molecule has 3 heterocycles. The molecule has 37 heavy (non-hydrogen) atoms. The number of rotatable bonds is 6. The third-order valence-electron chi connectivity index (χ3n) is 6.67. The van der Waals surface area contributed by atoms with Crippen LogP contribution in [0.1, 0.15) is 38.7 Å². The molecule has 4 aromatic rings. The average molecular weight is 544 g/mol. The average Bonchev–Trinajstić information content (AvgIpc) is 3.51. The molecule has 5 rings (SSSR count). The molecule has 0 saturated heterocycles. The Morgan fingerprint density at radius 2 is 1.84 bits per heavy atom. The van der Waals surface area contributed by atoms with Crippen molar-refractivity contribution >= 4 is 23.1 Å². The Morgan fingerprint density at radius 1 is 1.14 bits per heavy atom. The van der Waals surface area contributed by atoms with Crippen LogP contribution in [0.15, 0.2) is 52.4 Å². The van der Waals surface area contributed by atoms with Gasteiger partial charge in [-0.05, 0) is 43.2 Å². The molecule has 2 atom stereocenters. The fourth-order valence-corrected chi connectivity index (χ4v) is 7.02. The smallest absolute Gasteiger partial charge is 0.260 e. The van der Waals surface area contributed by atoms with Crippen molar-refractivity contribution in [3.8, 4) is 16.9 Å². The van der Waals surface area contributed by atoms with Crippen molar-refractivity contribution in [1.82, 2.24) is 9.55 Å². The van der Waals surface area contributed by atoms with Crippen LogP contribution in [0.4, 0.5) is 13.2 Å². The summed E-state index contributed by atoms with van der Waals surface area (Å²) in [6, 6.07) is 7.20. The number of fused-ring (bicyclic) bond motifs is 1. The molecule has 0 amide bonds. The predicted molar refractivity (Wildman–Crippen MR) is 140 cm³/mol. The summed E-state index contributed by atoms with van der Waals surface area (Å²) in [5.74, 6) is -1.60. The van der Waals surface area contributed by atoms with E-state index < -0.39 is 35.1 Å². The van der Waals surface area contributed by atoms with Gasteiger partial charge in [-0.1, -0.05) is 18.2 Å². The Kier molecular flexibility index (Phi) is 6.91. The van der Waals surface area contributed by atoms with Crippen LogP contribution in [0, 0.1) is 31.3 Å². The van der Waals surface area contributed by atoms with Crippen molar-refractivity contribution in [3.05, 3.63) is 97.0 Å². The van der Waals surface area contributed by atoms with Gasteiger partial charge in [0.2, 0.25) is 0 Å². The molecule has 0 saturated carbocycles. The van der Waals surface area contributed by atoms with E-state index in [0.29, 0.717) is 26.9 Å². The highest BCUT2D eigenvalue weighted by molar-refractivity contribution is 7.99. The number of pyridine rings is 1. The van der Waals surface area contributed by atoms with Gasteiger partial charge in [0.05, 0.1) is 29.8 Å². The molecule has 2 aromatic heterocycles. The first-order valence-corrected chi connectivity index (χ1v) is 13.4. The highest BCUT2D eigenvalue weighted by atomic mass is 32.2. The summed E-state index contributed by atoms with van der Waals surface area (Å²) in [4.78, 5) is 19.4. The van der Waals surface area contributed by atoms with E-state index in [1.54, 1.807) is 23.8 Å². The number of ether oxygens (including phenoxy) is 1. The van der Waals surface area contributed by atoms with Gasteiger partial charge in [0.1, 0.15) is 16.6 Å². The maximum Gasteiger partial charge on any atom is 0.260 e. The van der Waals surface area contributed by atoms with E-state index >= 15 is 4.39 Å². The van der Waals surface area contributed by atoms with Gasteiger partial charge >= 0.3 is 0 Å². The number of methoxy groups -OCH3 is 1. The number of thioether (sulfide) groups is 1. The fraction of sp³-hybridized carbons (Fsp3) is 0.259. The van der Waals surface area contributed by atoms with Gasteiger partial charge in [-0.2, -0.15) is 0 Å². The van der Waals surface area contributed by atoms with E-state index in [9.17, 15) is 13.6 Å². The van der Waals surface area contributed by atoms with E-state index in [1.807, 2.05) is 6.92 Å². The van der Waals surface area contributed by atoms with E-state index in [4.69, 9.17) is 10.5 Å². The minimum absolute atomic E-state index is 0.00983. The number of halogens is 3. The maximum atomic E-state index is 15.4. The minimum Gasteiger partial charge on any atom is -0.494 e. The molecule has 0 radical (unpaired) electrons. The summed E-state index contributed by atoms with van der Waals surface area (Å²) in [7, 11) is 1.35.